The highest BCUT2D eigenvalue weighted by Gasteiger charge is 2.27. The average Bonchev–Trinajstić information content (AvgIpc) is 2.62. The zero-order valence-corrected chi connectivity index (χ0v) is 16.1. The van der Waals surface area contributed by atoms with E-state index in [2.05, 4.69) is 9.71 Å². The zero-order valence-electron chi connectivity index (χ0n) is 14.6. The van der Waals surface area contributed by atoms with E-state index in [0.29, 0.717) is 36.8 Å². The Morgan fingerprint density at radius 3 is 2.65 bits per heavy atom. The van der Waals surface area contributed by atoms with Crippen molar-refractivity contribution in [2.45, 2.75) is 38.8 Å². The molecule has 9 nitrogen and oxygen atoms in total. The number of pyridine rings is 1. The van der Waals surface area contributed by atoms with Crippen LogP contribution in [0.1, 0.15) is 26.7 Å². The maximum absolute atomic E-state index is 12.1. The first kappa shape index (κ1) is 21.0. The Balaban J connectivity index is 1.76. The molecule has 1 aliphatic rings. The van der Waals surface area contributed by atoms with Gasteiger partial charge in [-0.05, 0) is 24.8 Å². The highest BCUT2D eigenvalue weighted by Crippen LogP contribution is 2.19. The van der Waals surface area contributed by atoms with Crippen LogP contribution in [0.3, 0.4) is 0 Å². The summed E-state index contributed by atoms with van der Waals surface area (Å²) in [6.07, 6.45) is 2.85. The predicted molar refractivity (Wildman–Crippen MR) is 95.4 cm³/mol. The van der Waals surface area contributed by atoms with Crippen LogP contribution in [0.4, 0.5) is 0 Å². The standard InChI is InChI=1S/C15H23ClN4O5S/c1-10(2)14(15(21)18-22)19-26(23)25-20-7-5-12(6-8-20)24-13-4-3-11(16)9-17-13/h3-4,9-10,12,14,19,22H,5-8H2,1-2H3,(H,18,21). The molecular weight excluding hydrogens is 384 g/mol. The maximum atomic E-state index is 12.1. The predicted octanol–water partition coefficient (Wildman–Crippen LogP) is 1.21. The Hall–Kier alpha value is -1.30. The Labute approximate surface area is 159 Å². The van der Waals surface area contributed by atoms with E-state index in [1.54, 1.807) is 36.5 Å². The van der Waals surface area contributed by atoms with Crippen LogP contribution < -0.4 is 14.9 Å². The monoisotopic (exact) mass is 406 g/mol. The van der Waals surface area contributed by atoms with Gasteiger partial charge in [0, 0.05) is 25.4 Å². The van der Waals surface area contributed by atoms with Gasteiger partial charge in [-0.1, -0.05) is 25.4 Å². The molecule has 0 aromatic carbocycles. The molecule has 1 aromatic rings. The van der Waals surface area contributed by atoms with Crippen LogP contribution in [-0.4, -0.2) is 50.6 Å². The van der Waals surface area contributed by atoms with Crippen molar-refractivity contribution in [2.24, 2.45) is 5.92 Å². The summed E-state index contributed by atoms with van der Waals surface area (Å²) < 4.78 is 25.7. The number of piperidine rings is 1. The average molecular weight is 407 g/mol. The molecule has 26 heavy (non-hydrogen) atoms. The number of halogens is 1. The van der Waals surface area contributed by atoms with E-state index in [1.807, 2.05) is 0 Å². The van der Waals surface area contributed by atoms with Crippen molar-refractivity contribution >= 4 is 28.8 Å². The third-order valence-electron chi connectivity index (χ3n) is 3.84. The number of hydrogen-bond acceptors (Lipinski definition) is 7. The molecule has 2 heterocycles. The number of rotatable bonds is 8. The lowest BCUT2D eigenvalue weighted by molar-refractivity contribution is -0.132. The molecular formula is C15H23ClN4O5S. The van der Waals surface area contributed by atoms with Gasteiger partial charge < -0.3 is 4.74 Å². The first-order chi connectivity index (χ1) is 12.4. The Morgan fingerprint density at radius 2 is 2.12 bits per heavy atom. The second-order valence-corrected chi connectivity index (χ2v) is 7.48. The highest BCUT2D eigenvalue weighted by atomic mass is 35.5. The summed E-state index contributed by atoms with van der Waals surface area (Å²) in [5.74, 6) is -0.339. The number of ether oxygens (including phenoxy) is 1. The number of amides is 1. The molecule has 2 atom stereocenters. The minimum atomic E-state index is -1.91. The van der Waals surface area contributed by atoms with Crippen molar-refractivity contribution in [3.8, 4) is 5.88 Å². The SMILES string of the molecule is CC(C)C(NS(=O)ON1CCC(Oc2ccc(Cl)cn2)CC1)C(=O)NO. The summed E-state index contributed by atoms with van der Waals surface area (Å²) in [7, 11) is 0. The molecule has 1 amide bonds. The molecule has 0 bridgehead atoms. The van der Waals surface area contributed by atoms with Gasteiger partial charge in [-0.2, -0.15) is 9.35 Å². The minimum absolute atomic E-state index is 0.0199. The quantitative estimate of drug-likeness (QED) is 0.439. The normalized spacial score (nSPS) is 18.5. The Kier molecular flexibility index (Phi) is 8.19. The first-order valence-electron chi connectivity index (χ1n) is 8.22. The van der Waals surface area contributed by atoms with Crippen molar-refractivity contribution in [3.63, 3.8) is 0 Å². The van der Waals surface area contributed by atoms with Gasteiger partial charge in [0.05, 0.1) is 5.02 Å². The Morgan fingerprint density at radius 1 is 1.42 bits per heavy atom. The molecule has 2 unspecified atom stereocenters. The number of hydrogen-bond donors (Lipinski definition) is 3. The van der Waals surface area contributed by atoms with Gasteiger partial charge in [-0.3, -0.25) is 10.0 Å². The van der Waals surface area contributed by atoms with Crippen molar-refractivity contribution in [3.05, 3.63) is 23.4 Å². The molecule has 1 aliphatic heterocycles. The van der Waals surface area contributed by atoms with E-state index in [-0.39, 0.29) is 12.0 Å². The topological polar surface area (TPSA) is 113 Å². The fourth-order valence-electron chi connectivity index (χ4n) is 2.41. The van der Waals surface area contributed by atoms with E-state index < -0.39 is 23.2 Å². The van der Waals surface area contributed by atoms with E-state index in [0.717, 1.165) is 0 Å². The number of nitrogens with zero attached hydrogens (tertiary/aromatic N) is 2. The summed E-state index contributed by atoms with van der Waals surface area (Å²) in [6, 6.07) is 2.59. The molecule has 1 aromatic heterocycles. The largest absolute Gasteiger partial charge is 0.474 e. The van der Waals surface area contributed by atoms with Crippen LogP contribution in [0, 0.1) is 5.92 Å². The number of aromatic nitrogens is 1. The summed E-state index contributed by atoms with van der Waals surface area (Å²) in [5.41, 5.74) is 1.55. The van der Waals surface area contributed by atoms with E-state index >= 15 is 0 Å². The van der Waals surface area contributed by atoms with Gasteiger partial charge in [0.15, 0.2) is 0 Å². The van der Waals surface area contributed by atoms with Crippen LogP contribution in [-0.2, 0) is 20.3 Å². The maximum Gasteiger partial charge on any atom is 0.261 e. The van der Waals surface area contributed by atoms with Crippen molar-refractivity contribution in [1.82, 2.24) is 20.2 Å². The molecule has 3 N–H and O–H groups in total. The number of carbonyl (C=O) groups is 1. The van der Waals surface area contributed by atoms with Crippen molar-refractivity contribution < 1.29 is 23.2 Å². The van der Waals surface area contributed by atoms with Crippen molar-refractivity contribution in [2.75, 3.05) is 13.1 Å². The van der Waals surface area contributed by atoms with Gasteiger partial charge in [0.25, 0.3) is 17.2 Å². The van der Waals surface area contributed by atoms with Crippen LogP contribution >= 0.6 is 11.6 Å². The third-order valence-corrected chi connectivity index (χ3v) is 4.86. The molecule has 1 fully saturated rings. The van der Waals surface area contributed by atoms with Crippen molar-refractivity contribution in [1.29, 1.82) is 0 Å². The van der Waals surface area contributed by atoms with Gasteiger partial charge in [-0.25, -0.2) is 19.4 Å². The third kappa shape index (κ3) is 6.45. The lowest BCUT2D eigenvalue weighted by Gasteiger charge is -2.30. The van der Waals surface area contributed by atoms with Crippen LogP contribution in [0.15, 0.2) is 18.3 Å². The Bertz CT molecular complexity index is 611. The minimum Gasteiger partial charge on any atom is -0.474 e. The molecule has 2 rings (SSSR count). The summed E-state index contributed by atoms with van der Waals surface area (Å²) in [4.78, 5) is 15.7. The number of carbonyl (C=O) groups excluding carboxylic acids is 1. The van der Waals surface area contributed by atoms with Gasteiger partial charge in [-0.15, -0.1) is 0 Å². The lowest BCUT2D eigenvalue weighted by Crippen LogP contribution is -2.49. The fraction of sp³-hybridized carbons (Fsp3) is 0.600. The second kappa shape index (κ2) is 10.1. The van der Waals surface area contributed by atoms with Gasteiger partial charge in [0.2, 0.25) is 5.88 Å². The lowest BCUT2D eigenvalue weighted by atomic mass is 10.1. The summed E-state index contributed by atoms with van der Waals surface area (Å²) in [6.45, 7) is 4.56. The summed E-state index contributed by atoms with van der Waals surface area (Å²) in [5, 5.41) is 10.8. The summed E-state index contributed by atoms with van der Waals surface area (Å²) >= 11 is 3.89. The number of hydroxylamine groups is 3. The molecule has 1 saturated heterocycles. The molecule has 0 radical (unpaired) electrons. The van der Waals surface area contributed by atoms with Crippen LogP contribution in [0.2, 0.25) is 5.02 Å². The van der Waals surface area contributed by atoms with E-state index in [9.17, 15) is 9.00 Å². The molecule has 0 spiro atoms. The number of nitrogens with one attached hydrogen (secondary N) is 2. The molecule has 0 saturated carbocycles. The molecule has 0 aliphatic carbocycles. The van der Waals surface area contributed by atoms with E-state index in [4.69, 9.17) is 25.8 Å². The smallest absolute Gasteiger partial charge is 0.261 e. The highest BCUT2D eigenvalue weighted by molar-refractivity contribution is 7.78. The first-order valence-corrected chi connectivity index (χ1v) is 9.67. The van der Waals surface area contributed by atoms with Gasteiger partial charge in [0.1, 0.15) is 12.1 Å². The van der Waals surface area contributed by atoms with E-state index in [1.165, 1.54) is 6.20 Å². The van der Waals surface area contributed by atoms with Crippen LogP contribution in [0.25, 0.3) is 0 Å². The fourth-order valence-corrected chi connectivity index (χ4v) is 3.49. The van der Waals surface area contributed by atoms with Gasteiger partial charge >= 0.3 is 0 Å². The van der Waals surface area contributed by atoms with Crippen LogP contribution in [0.5, 0.6) is 5.88 Å². The second-order valence-electron chi connectivity index (χ2n) is 6.19. The molecule has 11 heteroatoms. The molecule has 146 valence electrons. The zero-order chi connectivity index (χ0) is 19.1.